The summed E-state index contributed by atoms with van der Waals surface area (Å²) in [6.45, 7) is 0. The smallest absolute Gasteiger partial charge is 0.128 e. The predicted molar refractivity (Wildman–Crippen MR) is 81.5 cm³/mol. The Morgan fingerprint density at radius 2 is 1.84 bits per heavy atom. The maximum absolute atomic E-state index is 14.0. The summed E-state index contributed by atoms with van der Waals surface area (Å²) >= 11 is 15.5. The summed E-state index contributed by atoms with van der Waals surface area (Å²) in [6.07, 6.45) is 0. The summed E-state index contributed by atoms with van der Waals surface area (Å²) in [5.74, 6) is -0.293. The van der Waals surface area contributed by atoms with E-state index < -0.39 is 0 Å². The molecule has 1 nitrogen and oxygen atoms in total. The van der Waals surface area contributed by atoms with Gasteiger partial charge >= 0.3 is 0 Å². The van der Waals surface area contributed by atoms with Gasteiger partial charge < -0.3 is 5.32 Å². The molecule has 0 saturated carbocycles. The topological polar surface area (TPSA) is 12.0 Å². The normalized spacial score (nSPS) is 12.5. The molecule has 0 fully saturated rings. The van der Waals surface area contributed by atoms with Crippen molar-refractivity contribution in [3.05, 3.63) is 67.9 Å². The van der Waals surface area contributed by atoms with Crippen LogP contribution in [0.2, 0.25) is 10.0 Å². The van der Waals surface area contributed by atoms with Crippen molar-refractivity contribution in [2.45, 2.75) is 6.04 Å². The van der Waals surface area contributed by atoms with Gasteiger partial charge in [-0.15, -0.1) is 0 Å². The molecule has 0 aromatic heterocycles. The molecule has 1 unspecified atom stereocenters. The van der Waals surface area contributed by atoms with E-state index >= 15 is 0 Å². The van der Waals surface area contributed by atoms with Crippen molar-refractivity contribution >= 4 is 39.1 Å². The van der Waals surface area contributed by atoms with E-state index in [0.717, 1.165) is 10.0 Å². The van der Waals surface area contributed by atoms with Crippen molar-refractivity contribution in [3.8, 4) is 0 Å². The second-order valence-electron chi connectivity index (χ2n) is 4.05. The van der Waals surface area contributed by atoms with Crippen LogP contribution in [0.5, 0.6) is 0 Å². The molecule has 100 valence electrons. The van der Waals surface area contributed by atoms with Crippen LogP contribution in [0.15, 0.2) is 40.9 Å². The minimum absolute atomic E-state index is 0.293. The molecule has 0 aliphatic heterocycles. The SMILES string of the molecule is CNC(c1cc(Br)ccc1F)c1cc(Cl)ccc1Cl. The van der Waals surface area contributed by atoms with Gasteiger partial charge in [-0.25, -0.2) is 4.39 Å². The number of rotatable bonds is 3. The second kappa shape index (κ2) is 6.23. The summed E-state index contributed by atoms with van der Waals surface area (Å²) in [5, 5.41) is 4.18. The highest BCUT2D eigenvalue weighted by molar-refractivity contribution is 9.10. The lowest BCUT2D eigenvalue weighted by molar-refractivity contribution is 0.576. The van der Waals surface area contributed by atoms with Crippen LogP contribution < -0.4 is 5.32 Å². The lowest BCUT2D eigenvalue weighted by Crippen LogP contribution is -2.19. The van der Waals surface area contributed by atoms with Crippen LogP contribution in [0.25, 0.3) is 0 Å². The molecule has 1 N–H and O–H groups in total. The van der Waals surface area contributed by atoms with Crippen molar-refractivity contribution in [1.82, 2.24) is 5.32 Å². The standard InChI is InChI=1S/C14H11BrCl2FN/c1-19-14(10-7-9(16)3-4-12(10)17)11-6-8(15)2-5-13(11)18/h2-7,14,19H,1H3. The number of hydrogen-bond donors (Lipinski definition) is 1. The Morgan fingerprint density at radius 1 is 1.11 bits per heavy atom. The average molecular weight is 363 g/mol. The lowest BCUT2D eigenvalue weighted by Gasteiger charge is -2.19. The van der Waals surface area contributed by atoms with Gasteiger partial charge in [0.25, 0.3) is 0 Å². The molecule has 0 saturated heterocycles. The van der Waals surface area contributed by atoms with Crippen LogP contribution in [-0.2, 0) is 0 Å². The first-order valence-electron chi connectivity index (χ1n) is 5.60. The first-order valence-corrected chi connectivity index (χ1v) is 7.15. The fourth-order valence-corrected chi connectivity index (χ4v) is 2.74. The summed E-state index contributed by atoms with van der Waals surface area (Å²) in [5.41, 5.74) is 1.26. The van der Waals surface area contributed by atoms with Gasteiger partial charge in [-0.3, -0.25) is 0 Å². The minimum atomic E-state index is -0.358. The highest BCUT2D eigenvalue weighted by atomic mass is 79.9. The summed E-state index contributed by atoms with van der Waals surface area (Å²) < 4.78 is 14.8. The quantitative estimate of drug-likeness (QED) is 0.790. The van der Waals surface area contributed by atoms with Crippen LogP contribution >= 0.6 is 39.1 Å². The molecule has 1 atom stereocenters. The van der Waals surface area contributed by atoms with Gasteiger partial charge in [0.2, 0.25) is 0 Å². The Balaban J connectivity index is 2.55. The van der Waals surface area contributed by atoms with Gasteiger partial charge in [0, 0.05) is 20.1 Å². The monoisotopic (exact) mass is 361 g/mol. The molecule has 2 aromatic carbocycles. The van der Waals surface area contributed by atoms with Crippen LogP contribution in [0, 0.1) is 5.82 Å². The van der Waals surface area contributed by atoms with Gasteiger partial charge in [-0.2, -0.15) is 0 Å². The van der Waals surface area contributed by atoms with Crippen LogP contribution in [0.4, 0.5) is 4.39 Å². The van der Waals surface area contributed by atoms with E-state index in [1.165, 1.54) is 6.07 Å². The van der Waals surface area contributed by atoms with E-state index in [1.807, 2.05) is 0 Å². The van der Waals surface area contributed by atoms with Crippen LogP contribution in [0.3, 0.4) is 0 Å². The van der Waals surface area contributed by atoms with Crippen LogP contribution in [-0.4, -0.2) is 7.05 Å². The fourth-order valence-electron chi connectivity index (χ4n) is 1.95. The van der Waals surface area contributed by atoms with E-state index in [2.05, 4.69) is 21.2 Å². The molecule has 5 heteroatoms. The molecule has 0 aliphatic rings. The summed E-state index contributed by atoms with van der Waals surface area (Å²) in [6, 6.07) is 9.60. The van der Waals surface area contributed by atoms with E-state index in [4.69, 9.17) is 23.2 Å². The Hall–Kier alpha value is -0.610. The zero-order chi connectivity index (χ0) is 14.0. The van der Waals surface area contributed by atoms with Gasteiger partial charge in [0.05, 0.1) is 6.04 Å². The average Bonchev–Trinajstić information content (AvgIpc) is 2.38. The maximum atomic E-state index is 14.0. The molecule has 0 spiro atoms. The van der Waals surface area contributed by atoms with Gasteiger partial charge in [-0.1, -0.05) is 39.1 Å². The Morgan fingerprint density at radius 3 is 2.53 bits per heavy atom. The van der Waals surface area contributed by atoms with Crippen molar-refractivity contribution in [1.29, 1.82) is 0 Å². The van der Waals surface area contributed by atoms with Crippen molar-refractivity contribution in [2.75, 3.05) is 7.05 Å². The maximum Gasteiger partial charge on any atom is 0.128 e. The van der Waals surface area contributed by atoms with Gasteiger partial charge in [-0.05, 0) is 49.0 Å². The Bertz CT molecular complexity index is 552. The molecule has 2 aromatic rings. The highest BCUT2D eigenvalue weighted by Gasteiger charge is 2.19. The first kappa shape index (κ1) is 14.8. The third kappa shape index (κ3) is 3.29. The molecule has 2 rings (SSSR count). The van der Waals surface area contributed by atoms with Crippen molar-refractivity contribution in [3.63, 3.8) is 0 Å². The number of halogens is 4. The minimum Gasteiger partial charge on any atom is -0.309 e. The molecule has 0 heterocycles. The molecular formula is C14H11BrCl2FN. The summed E-state index contributed by atoms with van der Waals surface area (Å²) in [4.78, 5) is 0. The molecule has 19 heavy (non-hydrogen) atoms. The number of benzene rings is 2. The highest BCUT2D eigenvalue weighted by Crippen LogP contribution is 2.32. The second-order valence-corrected chi connectivity index (χ2v) is 5.81. The lowest BCUT2D eigenvalue weighted by atomic mass is 9.98. The molecular weight excluding hydrogens is 352 g/mol. The van der Waals surface area contributed by atoms with E-state index in [0.29, 0.717) is 15.6 Å². The predicted octanol–water partition coefficient (Wildman–Crippen LogP) is 5.20. The van der Waals surface area contributed by atoms with Crippen molar-refractivity contribution in [2.24, 2.45) is 0 Å². The third-order valence-corrected chi connectivity index (χ3v) is 3.90. The Kier molecular flexibility index (Phi) is 4.85. The molecule has 0 amide bonds. The third-order valence-electron chi connectivity index (χ3n) is 2.83. The van der Waals surface area contributed by atoms with Crippen molar-refractivity contribution < 1.29 is 4.39 Å². The summed E-state index contributed by atoms with van der Waals surface area (Å²) in [7, 11) is 1.75. The van der Waals surface area contributed by atoms with Crippen LogP contribution in [0.1, 0.15) is 17.2 Å². The van der Waals surface area contributed by atoms with E-state index in [-0.39, 0.29) is 11.9 Å². The molecule has 0 radical (unpaired) electrons. The Labute approximate surface area is 129 Å². The van der Waals surface area contributed by atoms with E-state index in [9.17, 15) is 4.39 Å². The van der Waals surface area contributed by atoms with Gasteiger partial charge in [0.1, 0.15) is 5.82 Å². The van der Waals surface area contributed by atoms with Gasteiger partial charge in [0.15, 0.2) is 0 Å². The number of nitrogens with one attached hydrogen (secondary N) is 1. The zero-order valence-corrected chi connectivity index (χ0v) is 13.2. The largest absolute Gasteiger partial charge is 0.309 e. The number of hydrogen-bond acceptors (Lipinski definition) is 1. The van der Waals surface area contributed by atoms with E-state index in [1.54, 1.807) is 37.4 Å². The molecule has 0 aliphatic carbocycles. The zero-order valence-electron chi connectivity index (χ0n) is 10.1. The molecule has 0 bridgehead atoms. The first-order chi connectivity index (χ1) is 9.02. The fraction of sp³-hybridized carbons (Fsp3) is 0.143.